The molecule has 0 saturated heterocycles. The Balaban J connectivity index is 2.22. The van der Waals surface area contributed by atoms with Crippen LogP contribution in [0.2, 0.25) is 0 Å². The van der Waals surface area contributed by atoms with Gasteiger partial charge in [-0.15, -0.1) is 0 Å². The fourth-order valence-electron chi connectivity index (χ4n) is 3.54. The third-order valence-corrected chi connectivity index (χ3v) is 5.16. The molecule has 2 unspecified atom stereocenters. The Bertz CT molecular complexity index is 639. The maximum atomic E-state index is 6.70. The third kappa shape index (κ3) is 1.61. The van der Waals surface area contributed by atoms with Crippen LogP contribution in [0, 0.1) is 5.41 Å². The van der Waals surface area contributed by atoms with Crippen LogP contribution in [0.4, 0.5) is 5.69 Å². The van der Waals surface area contributed by atoms with Crippen molar-refractivity contribution in [3.05, 3.63) is 65.2 Å². The van der Waals surface area contributed by atoms with Crippen LogP contribution in [0.1, 0.15) is 43.4 Å². The van der Waals surface area contributed by atoms with Gasteiger partial charge in [0.2, 0.25) is 0 Å². The summed E-state index contributed by atoms with van der Waals surface area (Å²) in [5.41, 5.74) is 16.8. The Labute approximate surface area is 120 Å². The van der Waals surface area contributed by atoms with Crippen LogP contribution >= 0.6 is 0 Å². The van der Waals surface area contributed by atoms with Crippen molar-refractivity contribution in [3.8, 4) is 0 Å². The molecule has 2 heteroatoms. The van der Waals surface area contributed by atoms with E-state index in [2.05, 4.69) is 57.2 Å². The van der Waals surface area contributed by atoms with E-state index < -0.39 is 0 Å². The van der Waals surface area contributed by atoms with Crippen LogP contribution < -0.4 is 11.5 Å². The van der Waals surface area contributed by atoms with E-state index >= 15 is 0 Å². The molecule has 1 aliphatic carbocycles. The first-order valence-electron chi connectivity index (χ1n) is 7.09. The number of benzene rings is 2. The average Bonchev–Trinajstić information content (AvgIpc) is 2.56. The van der Waals surface area contributed by atoms with E-state index in [-0.39, 0.29) is 11.0 Å². The molecule has 2 nitrogen and oxygen atoms in total. The fraction of sp³-hybridized carbons (Fsp3) is 0.333. The van der Waals surface area contributed by atoms with Crippen molar-refractivity contribution in [1.29, 1.82) is 0 Å². The standard InChI is InChI=1S/C18H22N2/c1-17(2)16(12-8-10-13(19)11-9-12)14-6-4-5-7-15(14)18(17,3)20/h4-11,16H,19-20H2,1-3H3. The van der Waals surface area contributed by atoms with Crippen LogP contribution in [-0.4, -0.2) is 0 Å². The van der Waals surface area contributed by atoms with Crippen molar-refractivity contribution >= 4 is 5.69 Å². The first-order valence-corrected chi connectivity index (χ1v) is 7.09. The molecule has 0 radical (unpaired) electrons. The highest BCUT2D eigenvalue weighted by Crippen LogP contribution is 2.58. The lowest BCUT2D eigenvalue weighted by Crippen LogP contribution is -2.45. The van der Waals surface area contributed by atoms with Crippen molar-refractivity contribution in [3.63, 3.8) is 0 Å². The van der Waals surface area contributed by atoms with Crippen molar-refractivity contribution in [2.45, 2.75) is 32.2 Å². The number of hydrogen-bond acceptors (Lipinski definition) is 2. The van der Waals surface area contributed by atoms with Crippen LogP contribution in [-0.2, 0) is 5.54 Å². The van der Waals surface area contributed by atoms with E-state index in [4.69, 9.17) is 11.5 Å². The van der Waals surface area contributed by atoms with Gasteiger partial charge in [0.1, 0.15) is 0 Å². The first-order chi connectivity index (χ1) is 9.35. The second-order valence-electron chi connectivity index (χ2n) is 6.61. The molecule has 0 heterocycles. The first kappa shape index (κ1) is 13.2. The summed E-state index contributed by atoms with van der Waals surface area (Å²) in [5, 5.41) is 0. The van der Waals surface area contributed by atoms with E-state index in [1.54, 1.807) is 0 Å². The Morgan fingerprint density at radius 1 is 0.900 bits per heavy atom. The minimum atomic E-state index is -0.338. The van der Waals surface area contributed by atoms with E-state index in [1.807, 2.05) is 12.1 Å². The maximum absolute atomic E-state index is 6.70. The normalized spacial score (nSPS) is 27.3. The molecule has 2 aromatic carbocycles. The van der Waals surface area contributed by atoms with Gasteiger partial charge in [-0.05, 0) is 41.2 Å². The number of nitrogens with two attached hydrogens (primary N) is 2. The van der Waals surface area contributed by atoms with Gasteiger partial charge >= 0.3 is 0 Å². The van der Waals surface area contributed by atoms with Crippen LogP contribution in [0.5, 0.6) is 0 Å². The van der Waals surface area contributed by atoms with Crippen molar-refractivity contribution in [2.75, 3.05) is 5.73 Å². The minimum Gasteiger partial charge on any atom is -0.399 e. The zero-order valence-corrected chi connectivity index (χ0v) is 12.4. The second-order valence-corrected chi connectivity index (χ2v) is 6.61. The highest BCUT2D eigenvalue weighted by molar-refractivity contribution is 5.52. The highest BCUT2D eigenvalue weighted by Gasteiger charge is 2.53. The molecule has 4 N–H and O–H groups in total. The number of anilines is 1. The molecule has 0 aliphatic heterocycles. The summed E-state index contributed by atoms with van der Waals surface area (Å²) in [6, 6.07) is 16.7. The molecule has 0 saturated carbocycles. The van der Waals surface area contributed by atoms with E-state index in [0.29, 0.717) is 5.92 Å². The Morgan fingerprint density at radius 3 is 2.15 bits per heavy atom. The Kier molecular flexibility index (Phi) is 2.70. The summed E-state index contributed by atoms with van der Waals surface area (Å²) in [6.07, 6.45) is 0. The topological polar surface area (TPSA) is 52.0 Å². The van der Waals surface area contributed by atoms with Crippen molar-refractivity contribution in [2.24, 2.45) is 11.1 Å². The molecule has 0 aromatic heterocycles. The van der Waals surface area contributed by atoms with Gasteiger partial charge in [0.05, 0.1) is 0 Å². The van der Waals surface area contributed by atoms with Crippen LogP contribution in [0.3, 0.4) is 0 Å². The molecule has 0 bridgehead atoms. The highest BCUT2D eigenvalue weighted by atomic mass is 14.8. The van der Waals surface area contributed by atoms with Gasteiger partial charge in [-0.2, -0.15) is 0 Å². The lowest BCUT2D eigenvalue weighted by atomic mass is 9.68. The van der Waals surface area contributed by atoms with Gasteiger partial charge in [-0.25, -0.2) is 0 Å². The van der Waals surface area contributed by atoms with E-state index in [0.717, 1.165) is 5.69 Å². The predicted molar refractivity (Wildman–Crippen MR) is 84.5 cm³/mol. The smallest absolute Gasteiger partial charge is 0.0444 e. The predicted octanol–water partition coefficient (Wildman–Crippen LogP) is 3.61. The molecule has 2 aromatic rings. The van der Waals surface area contributed by atoms with E-state index in [1.165, 1.54) is 16.7 Å². The lowest BCUT2D eigenvalue weighted by molar-refractivity contribution is 0.187. The number of hydrogen-bond donors (Lipinski definition) is 2. The Hall–Kier alpha value is -1.80. The van der Waals surface area contributed by atoms with Gasteiger partial charge in [0.25, 0.3) is 0 Å². The second kappa shape index (κ2) is 4.10. The molecule has 2 atom stereocenters. The third-order valence-electron chi connectivity index (χ3n) is 5.16. The van der Waals surface area contributed by atoms with Gasteiger partial charge in [-0.3, -0.25) is 0 Å². The molecule has 0 spiro atoms. The van der Waals surface area contributed by atoms with Crippen LogP contribution in [0.15, 0.2) is 48.5 Å². The zero-order chi connectivity index (χ0) is 14.5. The number of nitrogen functional groups attached to an aromatic ring is 1. The maximum Gasteiger partial charge on any atom is 0.0444 e. The molecule has 104 valence electrons. The van der Waals surface area contributed by atoms with Gasteiger partial charge in [-0.1, -0.05) is 50.2 Å². The van der Waals surface area contributed by atoms with Gasteiger partial charge in [0, 0.05) is 17.1 Å². The summed E-state index contributed by atoms with van der Waals surface area (Å²) in [7, 11) is 0. The molecular formula is C18H22N2. The van der Waals surface area contributed by atoms with Gasteiger partial charge in [0.15, 0.2) is 0 Å². The largest absolute Gasteiger partial charge is 0.399 e. The molecule has 0 fully saturated rings. The SMILES string of the molecule is CC1(N)c2ccccc2C(c2ccc(N)cc2)C1(C)C. The van der Waals surface area contributed by atoms with Crippen molar-refractivity contribution < 1.29 is 0 Å². The molecule has 3 rings (SSSR count). The van der Waals surface area contributed by atoms with E-state index in [9.17, 15) is 0 Å². The lowest BCUT2D eigenvalue weighted by Gasteiger charge is -2.39. The molecule has 0 amide bonds. The number of fused-ring (bicyclic) bond motifs is 1. The molecule has 1 aliphatic rings. The Morgan fingerprint density at radius 2 is 1.50 bits per heavy atom. The summed E-state index contributed by atoms with van der Waals surface area (Å²) in [4.78, 5) is 0. The quantitative estimate of drug-likeness (QED) is 0.775. The summed E-state index contributed by atoms with van der Waals surface area (Å²) in [5.74, 6) is 0.300. The monoisotopic (exact) mass is 266 g/mol. The van der Waals surface area contributed by atoms with Gasteiger partial charge < -0.3 is 11.5 Å². The zero-order valence-electron chi connectivity index (χ0n) is 12.4. The summed E-state index contributed by atoms with van der Waals surface area (Å²) < 4.78 is 0. The van der Waals surface area contributed by atoms with Crippen LogP contribution in [0.25, 0.3) is 0 Å². The van der Waals surface area contributed by atoms with Crippen molar-refractivity contribution in [1.82, 2.24) is 0 Å². The molecule has 20 heavy (non-hydrogen) atoms. The number of rotatable bonds is 1. The summed E-state index contributed by atoms with van der Waals surface area (Å²) in [6.45, 7) is 6.66. The summed E-state index contributed by atoms with van der Waals surface area (Å²) >= 11 is 0. The average molecular weight is 266 g/mol. The fourth-order valence-corrected chi connectivity index (χ4v) is 3.54. The molecular weight excluding hydrogens is 244 g/mol. The minimum absolute atomic E-state index is 0.0488.